The van der Waals surface area contributed by atoms with E-state index in [1.54, 1.807) is 0 Å². The summed E-state index contributed by atoms with van der Waals surface area (Å²) in [5, 5.41) is 3.44. The Bertz CT molecular complexity index is 283. The maximum Gasteiger partial charge on any atom is 0.237 e. The zero-order valence-corrected chi connectivity index (χ0v) is 12.1. The molecule has 1 amide bonds. The van der Waals surface area contributed by atoms with Gasteiger partial charge in [-0.25, -0.2) is 0 Å². The van der Waals surface area contributed by atoms with Crippen molar-refractivity contribution in [2.45, 2.75) is 39.8 Å². The fourth-order valence-corrected chi connectivity index (χ4v) is 3.53. The number of nitrogens with one attached hydrogen (secondary N) is 1. The van der Waals surface area contributed by atoms with Crippen molar-refractivity contribution < 1.29 is 4.79 Å². The van der Waals surface area contributed by atoms with Gasteiger partial charge in [0.05, 0.1) is 6.54 Å². The summed E-state index contributed by atoms with van der Waals surface area (Å²) >= 11 is 0. The van der Waals surface area contributed by atoms with E-state index in [0.717, 1.165) is 38.0 Å². The quantitative estimate of drug-likeness (QED) is 0.804. The van der Waals surface area contributed by atoms with Crippen molar-refractivity contribution in [3.63, 3.8) is 0 Å². The van der Waals surface area contributed by atoms with Gasteiger partial charge < -0.3 is 10.2 Å². The van der Waals surface area contributed by atoms with E-state index in [9.17, 15) is 4.79 Å². The van der Waals surface area contributed by atoms with Crippen LogP contribution in [0.2, 0.25) is 0 Å². The maximum atomic E-state index is 12.4. The Hall–Kier alpha value is -0.610. The zero-order valence-electron chi connectivity index (χ0n) is 12.1. The molecule has 2 aliphatic rings. The minimum absolute atomic E-state index is 0.285. The molecule has 0 spiro atoms. The van der Waals surface area contributed by atoms with Gasteiger partial charge in [-0.05, 0) is 52.6 Å². The van der Waals surface area contributed by atoms with Gasteiger partial charge in [0, 0.05) is 25.2 Å². The molecule has 4 nitrogen and oxygen atoms in total. The highest BCUT2D eigenvalue weighted by molar-refractivity contribution is 5.78. The Kier molecular flexibility index (Phi) is 4.28. The molecule has 104 valence electrons. The summed E-state index contributed by atoms with van der Waals surface area (Å²) in [6.07, 6.45) is 0. The van der Waals surface area contributed by atoms with E-state index in [0.29, 0.717) is 18.6 Å². The van der Waals surface area contributed by atoms with Crippen molar-refractivity contribution in [3.8, 4) is 0 Å². The first-order chi connectivity index (χ1) is 8.49. The molecule has 0 bridgehead atoms. The lowest BCUT2D eigenvalue weighted by molar-refractivity contribution is -0.135. The van der Waals surface area contributed by atoms with Crippen molar-refractivity contribution in [2.75, 3.05) is 32.7 Å². The Balaban J connectivity index is 1.87. The number of carbonyl (C=O) groups excluding carboxylic acids is 1. The van der Waals surface area contributed by atoms with Gasteiger partial charge in [0.25, 0.3) is 0 Å². The minimum atomic E-state index is 0.285. The summed E-state index contributed by atoms with van der Waals surface area (Å²) < 4.78 is 0. The van der Waals surface area contributed by atoms with Crippen molar-refractivity contribution in [3.05, 3.63) is 0 Å². The number of carbonyl (C=O) groups is 1. The van der Waals surface area contributed by atoms with Crippen LogP contribution in [0, 0.1) is 11.8 Å². The Morgan fingerprint density at radius 2 is 1.67 bits per heavy atom. The van der Waals surface area contributed by atoms with Gasteiger partial charge in [0.2, 0.25) is 5.91 Å². The zero-order chi connectivity index (χ0) is 13.3. The predicted octanol–water partition coefficient (Wildman–Crippen LogP) is 0.783. The second-order valence-electron chi connectivity index (χ2n) is 6.36. The molecule has 0 radical (unpaired) electrons. The third-order valence-electron chi connectivity index (χ3n) is 4.22. The second-order valence-corrected chi connectivity index (χ2v) is 6.36. The molecule has 0 aliphatic carbocycles. The Morgan fingerprint density at radius 1 is 1.17 bits per heavy atom. The van der Waals surface area contributed by atoms with E-state index in [1.165, 1.54) is 0 Å². The van der Waals surface area contributed by atoms with Crippen LogP contribution < -0.4 is 5.32 Å². The Labute approximate surface area is 111 Å². The predicted molar refractivity (Wildman–Crippen MR) is 73.4 cm³/mol. The van der Waals surface area contributed by atoms with Crippen molar-refractivity contribution in [1.82, 2.24) is 15.1 Å². The van der Waals surface area contributed by atoms with Crippen LogP contribution in [0.25, 0.3) is 0 Å². The third-order valence-corrected chi connectivity index (χ3v) is 4.22. The van der Waals surface area contributed by atoms with E-state index < -0.39 is 0 Å². The molecule has 1 N–H and O–H groups in total. The van der Waals surface area contributed by atoms with Crippen molar-refractivity contribution in [1.29, 1.82) is 0 Å². The molecule has 0 aromatic heterocycles. The highest BCUT2D eigenvalue weighted by Crippen LogP contribution is 2.26. The van der Waals surface area contributed by atoms with Crippen LogP contribution in [0.15, 0.2) is 0 Å². The summed E-state index contributed by atoms with van der Waals surface area (Å²) in [4.78, 5) is 16.7. The summed E-state index contributed by atoms with van der Waals surface area (Å²) in [6, 6.07) is 0.586. The highest BCUT2D eigenvalue weighted by atomic mass is 16.2. The summed E-state index contributed by atoms with van der Waals surface area (Å²) in [5.74, 6) is 1.82. The standard InChI is InChI=1S/C14H27N3O/c1-10(2)17(11(3)4)14(18)9-16-7-12-5-15-6-13(12)8-16/h10-13,15H,5-9H2,1-4H3/t12-,13+. The first kappa shape index (κ1) is 13.8. The van der Waals surface area contributed by atoms with Gasteiger partial charge in [-0.2, -0.15) is 0 Å². The van der Waals surface area contributed by atoms with Gasteiger partial charge in [-0.3, -0.25) is 9.69 Å². The lowest BCUT2D eigenvalue weighted by atomic mass is 10.0. The maximum absolute atomic E-state index is 12.4. The monoisotopic (exact) mass is 253 g/mol. The van der Waals surface area contributed by atoms with Gasteiger partial charge in [-0.1, -0.05) is 0 Å². The molecule has 0 aromatic rings. The van der Waals surface area contributed by atoms with Gasteiger partial charge in [-0.15, -0.1) is 0 Å². The topological polar surface area (TPSA) is 35.6 Å². The molecule has 2 rings (SSSR count). The molecule has 2 heterocycles. The third kappa shape index (κ3) is 2.86. The molecule has 2 saturated heterocycles. The molecule has 4 heteroatoms. The SMILES string of the molecule is CC(C)N(C(=O)CN1C[C@H]2CNC[C@H]2C1)C(C)C. The van der Waals surface area contributed by atoms with Crippen LogP contribution in [0.4, 0.5) is 0 Å². The largest absolute Gasteiger partial charge is 0.337 e. The lowest BCUT2D eigenvalue weighted by Crippen LogP contribution is -2.47. The molecular formula is C14H27N3O. The van der Waals surface area contributed by atoms with Gasteiger partial charge in [0.1, 0.15) is 0 Å². The van der Waals surface area contributed by atoms with Crippen LogP contribution in [-0.4, -0.2) is 60.5 Å². The number of nitrogens with zero attached hydrogens (tertiary/aromatic N) is 2. The average Bonchev–Trinajstić information content (AvgIpc) is 2.75. The van der Waals surface area contributed by atoms with Crippen LogP contribution in [-0.2, 0) is 4.79 Å². The second kappa shape index (κ2) is 5.57. The highest BCUT2D eigenvalue weighted by Gasteiger charge is 2.37. The summed E-state index contributed by atoms with van der Waals surface area (Å²) in [5.41, 5.74) is 0. The number of fused-ring (bicyclic) bond motifs is 1. The van der Waals surface area contributed by atoms with Crippen LogP contribution >= 0.6 is 0 Å². The van der Waals surface area contributed by atoms with E-state index in [-0.39, 0.29) is 5.91 Å². The van der Waals surface area contributed by atoms with Crippen LogP contribution in [0.5, 0.6) is 0 Å². The van der Waals surface area contributed by atoms with Crippen molar-refractivity contribution >= 4 is 5.91 Å². The fraction of sp³-hybridized carbons (Fsp3) is 0.929. The minimum Gasteiger partial charge on any atom is -0.337 e. The lowest BCUT2D eigenvalue weighted by Gasteiger charge is -2.32. The molecule has 0 unspecified atom stereocenters. The molecule has 0 saturated carbocycles. The molecule has 18 heavy (non-hydrogen) atoms. The van der Waals surface area contributed by atoms with Gasteiger partial charge >= 0.3 is 0 Å². The number of likely N-dealkylation sites (tertiary alicyclic amines) is 1. The molecular weight excluding hydrogens is 226 g/mol. The molecule has 0 aromatic carbocycles. The first-order valence-electron chi connectivity index (χ1n) is 7.23. The summed E-state index contributed by atoms with van der Waals surface area (Å²) in [6.45, 7) is 13.4. The van der Waals surface area contributed by atoms with Crippen LogP contribution in [0.3, 0.4) is 0 Å². The number of amides is 1. The van der Waals surface area contributed by atoms with Crippen LogP contribution in [0.1, 0.15) is 27.7 Å². The molecule has 2 atom stereocenters. The molecule has 2 fully saturated rings. The fourth-order valence-electron chi connectivity index (χ4n) is 3.53. The van der Waals surface area contributed by atoms with E-state index in [2.05, 4.69) is 37.9 Å². The van der Waals surface area contributed by atoms with Gasteiger partial charge in [0.15, 0.2) is 0 Å². The van der Waals surface area contributed by atoms with E-state index in [1.807, 2.05) is 4.90 Å². The average molecular weight is 253 g/mol. The van der Waals surface area contributed by atoms with Crippen molar-refractivity contribution in [2.24, 2.45) is 11.8 Å². The first-order valence-corrected chi connectivity index (χ1v) is 7.23. The smallest absolute Gasteiger partial charge is 0.237 e. The number of hydrogen-bond donors (Lipinski definition) is 1. The van der Waals surface area contributed by atoms with E-state index >= 15 is 0 Å². The normalized spacial score (nSPS) is 28.1. The number of hydrogen-bond acceptors (Lipinski definition) is 3. The van der Waals surface area contributed by atoms with E-state index in [4.69, 9.17) is 0 Å². The number of rotatable bonds is 4. The molecule has 2 aliphatic heterocycles. The Morgan fingerprint density at radius 3 is 2.11 bits per heavy atom. The summed E-state index contributed by atoms with van der Waals surface area (Å²) in [7, 11) is 0.